The number of hydrogen-bond acceptors (Lipinski definition) is 2. The van der Waals surface area contributed by atoms with Crippen molar-refractivity contribution in [3.8, 4) is 11.3 Å². The maximum absolute atomic E-state index is 13.6. The van der Waals surface area contributed by atoms with Gasteiger partial charge in [0.2, 0.25) is 5.52 Å². The molecule has 3 aromatic rings. The SMILES string of the molecule is Cl.Nc1n[nH]c(-c2ccc3[nH+]cccc3c2)c1F. The van der Waals surface area contributed by atoms with E-state index in [0.29, 0.717) is 5.69 Å². The Bertz CT molecular complexity index is 695. The maximum Gasteiger partial charge on any atom is 0.210 e. The predicted octanol–water partition coefficient (Wildman–Crippen LogP) is 2.19. The number of nitrogen functional groups attached to an aromatic ring is 1. The zero-order valence-electron chi connectivity index (χ0n) is 9.27. The summed E-state index contributed by atoms with van der Waals surface area (Å²) in [5, 5.41) is 7.23. The highest BCUT2D eigenvalue weighted by Gasteiger charge is 2.13. The van der Waals surface area contributed by atoms with Crippen LogP contribution in [-0.4, -0.2) is 10.2 Å². The number of fused-ring (bicyclic) bond motifs is 1. The third-order valence-electron chi connectivity index (χ3n) is 2.68. The monoisotopic (exact) mass is 265 g/mol. The van der Waals surface area contributed by atoms with Gasteiger partial charge in [-0.25, -0.2) is 9.37 Å². The lowest BCUT2D eigenvalue weighted by atomic mass is 10.1. The van der Waals surface area contributed by atoms with Crippen LogP contribution in [0.2, 0.25) is 0 Å². The average Bonchev–Trinajstić information content (AvgIpc) is 2.70. The fourth-order valence-corrected chi connectivity index (χ4v) is 1.81. The molecule has 0 spiro atoms. The summed E-state index contributed by atoms with van der Waals surface area (Å²) in [4.78, 5) is 3.11. The van der Waals surface area contributed by atoms with Crippen LogP contribution in [-0.2, 0) is 0 Å². The summed E-state index contributed by atoms with van der Waals surface area (Å²) in [6.45, 7) is 0. The lowest BCUT2D eigenvalue weighted by Crippen LogP contribution is -2.00. The highest BCUT2D eigenvalue weighted by molar-refractivity contribution is 5.85. The fraction of sp³-hybridized carbons (Fsp3) is 0. The summed E-state index contributed by atoms with van der Waals surface area (Å²) in [5.74, 6) is -0.621. The number of aromatic amines is 2. The van der Waals surface area contributed by atoms with Gasteiger partial charge < -0.3 is 5.73 Å². The number of H-pyrrole nitrogens is 2. The van der Waals surface area contributed by atoms with Crippen LogP contribution < -0.4 is 10.7 Å². The van der Waals surface area contributed by atoms with Crippen molar-refractivity contribution in [1.29, 1.82) is 0 Å². The Morgan fingerprint density at radius 2 is 2.11 bits per heavy atom. The number of nitrogens with one attached hydrogen (secondary N) is 2. The summed E-state index contributed by atoms with van der Waals surface area (Å²) in [6, 6.07) is 9.43. The number of rotatable bonds is 1. The Balaban J connectivity index is 0.00000120. The van der Waals surface area contributed by atoms with Crippen LogP contribution in [0, 0.1) is 5.82 Å². The molecule has 0 atom stereocenters. The van der Waals surface area contributed by atoms with Crippen LogP contribution in [0.4, 0.5) is 10.2 Å². The first kappa shape index (κ1) is 12.3. The molecule has 0 saturated heterocycles. The molecular formula is C12H11ClFN4+. The maximum atomic E-state index is 13.6. The first-order chi connectivity index (χ1) is 8.25. The summed E-state index contributed by atoms with van der Waals surface area (Å²) >= 11 is 0. The summed E-state index contributed by atoms with van der Waals surface area (Å²) in [7, 11) is 0. The zero-order chi connectivity index (χ0) is 11.8. The second kappa shape index (κ2) is 4.62. The lowest BCUT2D eigenvalue weighted by Gasteiger charge is -1.98. The molecule has 3 rings (SSSR count). The van der Waals surface area contributed by atoms with E-state index in [1.165, 1.54) is 0 Å². The van der Waals surface area contributed by atoms with E-state index in [4.69, 9.17) is 5.73 Å². The minimum absolute atomic E-state index is 0. The van der Waals surface area contributed by atoms with E-state index in [0.717, 1.165) is 16.5 Å². The van der Waals surface area contributed by atoms with E-state index in [-0.39, 0.29) is 18.2 Å². The van der Waals surface area contributed by atoms with E-state index in [1.54, 1.807) is 0 Å². The van der Waals surface area contributed by atoms with Gasteiger partial charge in [0.25, 0.3) is 0 Å². The van der Waals surface area contributed by atoms with Crippen molar-refractivity contribution in [2.75, 3.05) is 5.73 Å². The van der Waals surface area contributed by atoms with Crippen molar-refractivity contribution in [3.63, 3.8) is 0 Å². The first-order valence-electron chi connectivity index (χ1n) is 5.16. The second-order valence-corrected chi connectivity index (χ2v) is 3.77. The Labute approximate surface area is 108 Å². The molecule has 0 fully saturated rings. The van der Waals surface area contributed by atoms with Crippen molar-refractivity contribution >= 4 is 29.1 Å². The average molecular weight is 266 g/mol. The molecule has 1 aromatic carbocycles. The van der Waals surface area contributed by atoms with Crippen LogP contribution in [0.25, 0.3) is 22.2 Å². The molecule has 92 valence electrons. The van der Waals surface area contributed by atoms with Crippen LogP contribution in [0.15, 0.2) is 36.5 Å². The van der Waals surface area contributed by atoms with Crippen molar-refractivity contribution in [3.05, 3.63) is 42.3 Å². The number of pyridine rings is 1. The minimum Gasteiger partial charge on any atom is -0.380 e. The number of hydrogen-bond donors (Lipinski definition) is 2. The zero-order valence-corrected chi connectivity index (χ0v) is 10.1. The van der Waals surface area contributed by atoms with E-state index >= 15 is 0 Å². The largest absolute Gasteiger partial charge is 0.380 e. The van der Waals surface area contributed by atoms with Crippen LogP contribution >= 0.6 is 12.4 Å². The predicted molar refractivity (Wildman–Crippen MR) is 69.7 cm³/mol. The molecule has 0 unspecified atom stereocenters. The molecule has 0 saturated carbocycles. The number of nitrogens with two attached hydrogens (primary N) is 1. The molecule has 4 N–H and O–H groups in total. The third kappa shape index (κ3) is 1.89. The standard InChI is InChI=1S/C12H9FN4.ClH/c13-10-11(16-17-12(10)14)8-3-4-9-7(6-8)2-1-5-15-9;/h1-6H,(H3,14,16,17);1H/p+1. The van der Waals surface area contributed by atoms with Crippen molar-refractivity contribution in [2.45, 2.75) is 0 Å². The Kier molecular flexibility index (Phi) is 3.16. The topological polar surface area (TPSA) is 68.8 Å². The molecule has 0 aliphatic heterocycles. The molecule has 0 aliphatic carbocycles. The van der Waals surface area contributed by atoms with Crippen LogP contribution in [0.1, 0.15) is 0 Å². The molecular weight excluding hydrogens is 255 g/mol. The van der Waals surface area contributed by atoms with E-state index in [2.05, 4.69) is 15.2 Å². The van der Waals surface area contributed by atoms with E-state index < -0.39 is 5.82 Å². The Morgan fingerprint density at radius 1 is 1.28 bits per heavy atom. The molecule has 4 nitrogen and oxygen atoms in total. The van der Waals surface area contributed by atoms with E-state index in [1.807, 2.05) is 36.5 Å². The van der Waals surface area contributed by atoms with Gasteiger partial charge in [0.1, 0.15) is 5.69 Å². The first-order valence-corrected chi connectivity index (χ1v) is 5.16. The molecule has 0 amide bonds. The third-order valence-corrected chi connectivity index (χ3v) is 2.68. The molecule has 2 heterocycles. The quantitative estimate of drug-likeness (QED) is 0.708. The van der Waals surface area contributed by atoms with Gasteiger partial charge in [0, 0.05) is 23.1 Å². The van der Waals surface area contributed by atoms with Crippen LogP contribution in [0.5, 0.6) is 0 Å². The molecule has 2 aromatic heterocycles. The Morgan fingerprint density at radius 3 is 2.83 bits per heavy atom. The molecule has 0 bridgehead atoms. The lowest BCUT2D eigenvalue weighted by molar-refractivity contribution is -0.344. The fourth-order valence-electron chi connectivity index (χ4n) is 1.81. The van der Waals surface area contributed by atoms with Gasteiger partial charge in [-0.15, -0.1) is 12.4 Å². The van der Waals surface area contributed by atoms with Gasteiger partial charge in [0.05, 0.1) is 0 Å². The molecule has 0 aliphatic rings. The van der Waals surface area contributed by atoms with Crippen LogP contribution in [0.3, 0.4) is 0 Å². The number of aromatic nitrogens is 3. The van der Waals surface area contributed by atoms with Gasteiger partial charge in [-0.3, -0.25) is 5.10 Å². The summed E-state index contributed by atoms with van der Waals surface area (Å²) in [6.07, 6.45) is 1.84. The normalized spacial score (nSPS) is 10.3. The van der Waals surface area contributed by atoms with Gasteiger partial charge in [-0.2, -0.15) is 5.10 Å². The van der Waals surface area contributed by atoms with Gasteiger partial charge in [0.15, 0.2) is 17.8 Å². The number of anilines is 1. The molecule has 0 radical (unpaired) electrons. The van der Waals surface area contributed by atoms with Gasteiger partial charge in [-0.05, 0) is 18.2 Å². The number of halogens is 2. The number of nitrogens with zero attached hydrogens (tertiary/aromatic N) is 1. The van der Waals surface area contributed by atoms with Crippen molar-refractivity contribution in [1.82, 2.24) is 10.2 Å². The highest BCUT2D eigenvalue weighted by atomic mass is 35.5. The smallest absolute Gasteiger partial charge is 0.210 e. The van der Waals surface area contributed by atoms with Crippen molar-refractivity contribution < 1.29 is 9.37 Å². The van der Waals surface area contributed by atoms with Crippen molar-refractivity contribution in [2.24, 2.45) is 0 Å². The Hall–Kier alpha value is -2.14. The molecule has 6 heteroatoms. The highest BCUT2D eigenvalue weighted by Crippen LogP contribution is 2.25. The second-order valence-electron chi connectivity index (χ2n) is 3.77. The molecule has 18 heavy (non-hydrogen) atoms. The summed E-state index contributed by atoms with van der Waals surface area (Å²) < 4.78 is 13.6. The van der Waals surface area contributed by atoms with E-state index in [9.17, 15) is 4.39 Å². The summed E-state index contributed by atoms with van der Waals surface area (Å²) in [5.41, 5.74) is 7.39. The number of benzene rings is 1. The minimum atomic E-state index is -0.510. The van der Waals surface area contributed by atoms with Gasteiger partial charge >= 0.3 is 0 Å². The van der Waals surface area contributed by atoms with Gasteiger partial charge in [-0.1, -0.05) is 0 Å².